The quantitative estimate of drug-likeness (QED) is 0.0243. The predicted octanol–water partition coefficient (Wildman–Crippen LogP) is 6.71. The van der Waals surface area contributed by atoms with Gasteiger partial charge in [-0.3, -0.25) is 43.2 Å². The van der Waals surface area contributed by atoms with Crippen molar-refractivity contribution in [2.24, 2.45) is 56.4 Å². The van der Waals surface area contributed by atoms with Gasteiger partial charge in [0, 0.05) is 158 Å². The Morgan fingerprint density at radius 3 is 1.05 bits per heavy atom. The second-order valence-electron chi connectivity index (χ2n) is 22.4. The Balaban J connectivity index is 0.758. The number of unbranched alkanes of at least 4 members (excludes halogenated alkanes) is 1. The van der Waals surface area contributed by atoms with Crippen LogP contribution in [0.5, 0.6) is 0 Å². The normalized spacial score (nSPS) is 11.3. The summed E-state index contributed by atoms with van der Waals surface area (Å²) in [7, 11) is 19.6. The van der Waals surface area contributed by atoms with Gasteiger partial charge in [0.15, 0.2) is 23.1 Å². The third-order valence-electron chi connectivity index (χ3n) is 15.1. The van der Waals surface area contributed by atoms with Crippen LogP contribution in [0.3, 0.4) is 0 Å². The largest absolute Gasteiger partial charge is 0.387 e. The van der Waals surface area contributed by atoms with Crippen molar-refractivity contribution in [1.82, 2.24) is 46.8 Å². The molecule has 23 nitrogen and oxygen atoms in total. The first-order valence-corrected chi connectivity index (χ1v) is 28.3. The molecule has 0 radical (unpaired) electrons. The average Bonchev–Trinajstić information content (AvgIpc) is 2.78. The van der Waals surface area contributed by atoms with E-state index in [2.05, 4.69) is 31.5 Å². The van der Waals surface area contributed by atoms with Crippen molar-refractivity contribution in [3.8, 4) is 0 Å². The fraction of sp³-hybridized carbons (Fsp3) is 0.349. The van der Waals surface area contributed by atoms with Crippen molar-refractivity contribution in [1.29, 1.82) is 0 Å². The maximum Gasteiger partial charge on any atom is 0.272 e. The lowest BCUT2D eigenvalue weighted by atomic mass is 10.1. The molecule has 23 heteroatoms. The highest BCUT2D eigenvalue weighted by Gasteiger charge is 2.24. The molecule has 0 aliphatic carbocycles. The SMILES string of the molecule is CNc1cc(C(=O)Nc2cc(C(=O)Nc3cc(C(=O)Nc4cc(C(=O)NCCCC(=O)Cc5cc(C(=O)Cc6cc(C(=O)Cc7cc(C(=O)Cc8cc(C(=O)CCCCN(C)C)n(C)c8)n(C)c7)n(C)c6)n(C)c5)n(C)c4)n(C)c3)n(C)c2)n(C)c1. The first kappa shape index (κ1) is 62.3. The first-order chi connectivity index (χ1) is 40.8. The molecule has 5 N–H and O–H groups in total. The Morgan fingerprint density at radius 2 is 0.686 bits per heavy atom. The molecule has 0 spiro atoms. The van der Waals surface area contributed by atoms with Crippen LogP contribution in [0.15, 0.2) is 98.1 Å². The molecule has 8 heterocycles. The average molecular weight is 1170 g/mol. The number of aromatic nitrogens is 8. The third-order valence-corrected chi connectivity index (χ3v) is 15.1. The van der Waals surface area contributed by atoms with Gasteiger partial charge in [0.25, 0.3) is 23.6 Å². The fourth-order valence-electron chi connectivity index (χ4n) is 10.7. The van der Waals surface area contributed by atoms with E-state index in [0.717, 1.165) is 30.6 Å². The third kappa shape index (κ3) is 15.1. The molecule has 0 aliphatic heterocycles. The Labute approximate surface area is 498 Å². The maximum absolute atomic E-state index is 13.6. The van der Waals surface area contributed by atoms with E-state index in [9.17, 15) is 43.2 Å². The lowest BCUT2D eigenvalue weighted by Crippen LogP contribution is -2.26. The van der Waals surface area contributed by atoms with Crippen LogP contribution in [0.25, 0.3) is 0 Å². The van der Waals surface area contributed by atoms with Crippen LogP contribution in [-0.2, 0) is 86.9 Å². The lowest BCUT2D eigenvalue weighted by molar-refractivity contribution is -0.118. The molecule has 0 unspecified atom stereocenters. The van der Waals surface area contributed by atoms with Crippen molar-refractivity contribution in [3.63, 3.8) is 0 Å². The van der Waals surface area contributed by atoms with Crippen molar-refractivity contribution < 1.29 is 43.2 Å². The number of carbonyl (C=O) groups is 9. The monoisotopic (exact) mass is 1170 g/mol. The number of rotatable bonds is 29. The molecule has 8 aromatic rings. The van der Waals surface area contributed by atoms with E-state index < -0.39 is 17.7 Å². The molecule has 0 fully saturated rings. The van der Waals surface area contributed by atoms with E-state index in [1.54, 1.807) is 173 Å². The van der Waals surface area contributed by atoms with Gasteiger partial charge in [0.05, 0.1) is 45.5 Å². The van der Waals surface area contributed by atoms with Crippen molar-refractivity contribution in [2.75, 3.05) is 55.5 Å². The van der Waals surface area contributed by atoms with E-state index in [1.165, 1.54) is 12.1 Å². The standard InChI is InChI=1S/C63H76N14O9/c1-64-43-27-53(74(8)35-43)61(84)67-45-29-55(76(10)37-45)63(86)68-46-30-54(77(11)38-46)62(85)66-44-28-52(75(9)36-44)60(83)65-17-14-15-47(78)19-39-20-49(71(5)31-39)57(80)25-41-22-51(73(7)33-41)59(82)26-42-23-50(72(6)34-42)58(81)24-40-21-48(70(4)32-40)56(79)16-12-13-18-69(2)3/h20-23,27-38,64H,12-19,24-26H2,1-11H3,(H,65,83)(H,66,85)(H,67,84)(H,68,86). The number of nitrogens with one attached hydrogen (secondary N) is 5. The van der Waals surface area contributed by atoms with Crippen molar-refractivity contribution in [3.05, 3.63) is 166 Å². The molecular weight excluding hydrogens is 1100 g/mol. The Kier molecular flexibility index (Phi) is 19.5. The zero-order valence-corrected chi connectivity index (χ0v) is 50.7. The van der Waals surface area contributed by atoms with Crippen LogP contribution < -0.4 is 26.6 Å². The highest BCUT2D eigenvalue weighted by atomic mass is 16.2. The molecule has 4 amide bonds. The molecule has 0 aromatic carbocycles. The maximum atomic E-state index is 13.6. The van der Waals surface area contributed by atoms with Gasteiger partial charge >= 0.3 is 0 Å². The number of nitrogens with zero attached hydrogens (tertiary/aromatic N) is 9. The zero-order valence-electron chi connectivity index (χ0n) is 50.7. The smallest absolute Gasteiger partial charge is 0.272 e. The second-order valence-corrected chi connectivity index (χ2v) is 22.4. The number of hydrogen-bond acceptors (Lipinski definition) is 11. The Morgan fingerprint density at radius 1 is 0.360 bits per heavy atom. The van der Waals surface area contributed by atoms with Crippen molar-refractivity contribution in [2.45, 2.75) is 57.8 Å². The minimum Gasteiger partial charge on any atom is -0.387 e. The zero-order chi connectivity index (χ0) is 62.3. The van der Waals surface area contributed by atoms with Gasteiger partial charge in [-0.2, -0.15) is 0 Å². The van der Waals surface area contributed by atoms with Crippen LogP contribution in [0.4, 0.5) is 22.7 Å². The molecule has 0 bridgehead atoms. The van der Waals surface area contributed by atoms with Crippen LogP contribution >= 0.6 is 0 Å². The van der Waals surface area contributed by atoms with E-state index in [0.29, 0.717) is 75.1 Å². The number of ketones is 5. The summed E-state index contributed by atoms with van der Waals surface area (Å²) in [6.45, 7) is 1.13. The summed E-state index contributed by atoms with van der Waals surface area (Å²) >= 11 is 0. The number of carbonyl (C=O) groups excluding carboxylic acids is 9. The number of Topliss-reactive ketones (excluding diaryl/α,β-unsaturated/α-hetero) is 5. The molecule has 86 heavy (non-hydrogen) atoms. The van der Waals surface area contributed by atoms with Gasteiger partial charge in [-0.1, -0.05) is 0 Å². The fourth-order valence-corrected chi connectivity index (χ4v) is 10.7. The molecular formula is C63H76N14O9. The van der Waals surface area contributed by atoms with Crippen LogP contribution in [-0.4, -0.2) is 128 Å². The van der Waals surface area contributed by atoms with Crippen LogP contribution in [0.1, 0.15) is 138 Å². The van der Waals surface area contributed by atoms with Crippen molar-refractivity contribution >= 4 is 75.3 Å². The van der Waals surface area contributed by atoms with E-state index in [4.69, 9.17) is 0 Å². The first-order valence-electron chi connectivity index (χ1n) is 28.3. The van der Waals surface area contributed by atoms with Gasteiger partial charge in [-0.25, -0.2) is 0 Å². The second kappa shape index (κ2) is 26.9. The van der Waals surface area contributed by atoms with Gasteiger partial charge in [-0.05, 0) is 111 Å². The van der Waals surface area contributed by atoms with Crippen LogP contribution in [0.2, 0.25) is 0 Å². The van der Waals surface area contributed by atoms with E-state index in [1.807, 2.05) is 27.3 Å². The molecule has 0 aliphatic rings. The number of hydrogen-bond donors (Lipinski definition) is 5. The molecule has 0 saturated heterocycles. The van der Waals surface area contributed by atoms with E-state index >= 15 is 0 Å². The summed E-state index contributed by atoms with van der Waals surface area (Å²) in [5.41, 5.74) is 7.76. The Bertz CT molecular complexity index is 3910. The highest BCUT2D eigenvalue weighted by molar-refractivity contribution is 6.09. The van der Waals surface area contributed by atoms with Gasteiger partial charge in [0.2, 0.25) is 0 Å². The van der Waals surface area contributed by atoms with Crippen LogP contribution in [0, 0.1) is 0 Å². The minimum absolute atomic E-state index is 0.0277. The predicted molar refractivity (Wildman–Crippen MR) is 328 cm³/mol. The molecule has 0 atom stereocenters. The Hall–Kier alpha value is -9.77. The summed E-state index contributed by atoms with van der Waals surface area (Å²) in [5, 5.41) is 14.3. The highest BCUT2D eigenvalue weighted by Crippen LogP contribution is 2.23. The number of amides is 4. The summed E-state index contributed by atoms with van der Waals surface area (Å²) < 4.78 is 13.3. The number of anilines is 4. The topological polar surface area (TPSA) is 256 Å². The summed E-state index contributed by atoms with van der Waals surface area (Å²) in [6.07, 6.45) is 16.7. The molecule has 0 saturated carbocycles. The van der Waals surface area contributed by atoms with Gasteiger partial charge in [-0.15, -0.1) is 0 Å². The minimum atomic E-state index is -0.483. The molecule has 8 aromatic heterocycles. The summed E-state index contributed by atoms with van der Waals surface area (Å²) in [4.78, 5) is 122. The summed E-state index contributed by atoms with van der Waals surface area (Å²) in [5.74, 6) is -2.20. The van der Waals surface area contributed by atoms with Gasteiger partial charge < -0.3 is 68.0 Å². The summed E-state index contributed by atoms with van der Waals surface area (Å²) in [6, 6.07) is 13.3. The molecule has 8 rings (SSSR count). The lowest BCUT2D eigenvalue weighted by Gasteiger charge is -2.08. The van der Waals surface area contributed by atoms with E-state index in [-0.39, 0.29) is 90.6 Å². The van der Waals surface area contributed by atoms with Gasteiger partial charge in [0.1, 0.15) is 28.6 Å². The molecule has 452 valence electrons. The number of aryl methyl sites for hydroxylation is 8.